The van der Waals surface area contributed by atoms with E-state index in [1.165, 1.54) is 20.3 Å². The topological polar surface area (TPSA) is 97.4 Å². The van der Waals surface area contributed by atoms with Gasteiger partial charge in [-0.3, -0.25) is 14.0 Å². The number of morpholine rings is 1. The number of anilines is 1. The van der Waals surface area contributed by atoms with Crippen LogP contribution >= 0.6 is 0 Å². The third kappa shape index (κ3) is 6.26. The molecule has 0 aromatic heterocycles. The second-order valence-electron chi connectivity index (χ2n) is 6.11. The zero-order valence-electron chi connectivity index (χ0n) is 15.9. The normalized spacial score (nSPS) is 15.2. The fourth-order valence-electron chi connectivity index (χ4n) is 2.74. The minimum Gasteiger partial charge on any atom is -0.497 e. The first-order chi connectivity index (χ1) is 12.8. The van der Waals surface area contributed by atoms with Crippen molar-refractivity contribution in [1.29, 1.82) is 0 Å². The van der Waals surface area contributed by atoms with E-state index in [4.69, 9.17) is 14.2 Å². The van der Waals surface area contributed by atoms with Crippen LogP contribution in [0.2, 0.25) is 0 Å². The van der Waals surface area contributed by atoms with Crippen LogP contribution in [0.1, 0.15) is 0 Å². The summed E-state index contributed by atoms with van der Waals surface area (Å²) in [5, 5.41) is 2.77. The molecule has 0 unspecified atom stereocenters. The molecule has 0 atom stereocenters. The van der Waals surface area contributed by atoms with Crippen molar-refractivity contribution in [3.8, 4) is 11.5 Å². The smallest absolute Gasteiger partial charge is 0.240 e. The van der Waals surface area contributed by atoms with Gasteiger partial charge in [-0.2, -0.15) is 0 Å². The van der Waals surface area contributed by atoms with E-state index >= 15 is 0 Å². The van der Waals surface area contributed by atoms with Crippen molar-refractivity contribution in [2.45, 2.75) is 0 Å². The Morgan fingerprint density at radius 3 is 2.56 bits per heavy atom. The number of rotatable bonds is 9. The van der Waals surface area contributed by atoms with E-state index in [9.17, 15) is 13.2 Å². The molecule has 10 heteroatoms. The van der Waals surface area contributed by atoms with Crippen LogP contribution in [-0.2, 0) is 19.6 Å². The molecule has 1 saturated heterocycles. The first kappa shape index (κ1) is 21.3. The Bertz CT molecular complexity index is 734. The highest BCUT2D eigenvalue weighted by Crippen LogP contribution is 2.33. The molecule has 0 radical (unpaired) electrons. The molecule has 1 fully saturated rings. The fourth-order valence-corrected chi connectivity index (χ4v) is 3.59. The molecule has 0 spiro atoms. The van der Waals surface area contributed by atoms with Gasteiger partial charge in [-0.15, -0.1) is 0 Å². The summed E-state index contributed by atoms with van der Waals surface area (Å²) in [6, 6.07) is 4.79. The van der Waals surface area contributed by atoms with Gasteiger partial charge in [0.2, 0.25) is 15.9 Å². The lowest BCUT2D eigenvalue weighted by Crippen LogP contribution is -2.44. The number of carbonyl (C=O) groups is 1. The van der Waals surface area contributed by atoms with Crippen molar-refractivity contribution in [2.24, 2.45) is 0 Å². The number of benzene rings is 1. The standard InChI is InChI=1S/C17H27N3O6S/c1-24-14-4-5-16(25-2)15(12-14)20(27(3,22)23)13-17(21)18-6-7-19-8-10-26-11-9-19/h4-5,12H,6-11,13H2,1-3H3,(H,18,21). The molecular weight excluding hydrogens is 374 g/mol. The number of ether oxygens (including phenoxy) is 3. The SMILES string of the molecule is COc1ccc(OC)c(N(CC(=O)NCCN2CCOCC2)S(C)(=O)=O)c1. The number of sulfonamides is 1. The van der Waals surface area contributed by atoms with E-state index in [1.54, 1.807) is 12.1 Å². The number of methoxy groups -OCH3 is 2. The molecule has 2 rings (SSSR count). The van der Waals surface area contributed by atoms with Crippen LogP contribution in [0.5, 0.6) is 11.5 Å². The Morgan fingerprint density at radius 2 is 1.96 bits per heavy atom. The summed E-state index contributed by atoms with van der Waals surface area (Å²) in [6.45, 7) is 3.81. The molecule has 9 nitrogen and oxygen atoms in total. The molecule has 0 saturated carbocycles. The molecule has 0 bridgehead atoms. The lowest BCUT2D eigenvalue weighted by molar-refractivity contribution is -0.119. The summed E-state index contributed by atoms with van der Waals surface area (Å²) >= 11 is 0. The van der Waals surface area contributed by atoms with Crippen LogP contribution in [0.15, 0.2) is 18.2 Å². The number of hydrogen-bond acceptors (Lipinski definition) is 7. The molecule has 1 aliphatic heterocycles. The van der Waals surface area contributed by atoms with E-state index in [-0.39, 0.29) is 12.2 Å². The zero-order chi connectivity index (χ0) is 19.9. The summed E-state index contributed by atoms with van der Waals surface area (Å²) in [5.41, 5.74) is 0.252. The van der Waals surface area contributed by atoms with Crippen LogP contribution in [0.3, 0.4) is 0 Å². The van der Waals surface area contributed by atoms with Gasteiger partial charge in [0.1, 0.15) is 18.0 Å². The van der Waals surface area contributed by atoms with E-state index in [2.05, 4.69) is 10.2 Å². The van der Waals surface area contributed by atoms with Gasteiger partial charge in [0.25, 0.3) is 0 Å². The Morgan fingerprint density at radius 1 is 1.26 bits per heavy atom. The van der Waals surface area contributed by atoms with Crippen LogP contribution < -0.4 is 19.1 Å². The maximum Gasteiger partial charge on any atom is 0.240 e. The molecule has 1 aromatic carbocycles. The van der Waals surface area contributed by atoms with E-state index in [0.717, 1.165) is 23.7 Å². The van der Waals surface area contributed by atoms with Crippen molar-refractivity contribution in [2.75, 3.05) is 70.7 Å². The predicted molar refractivity (Wildman–Crippen MR) is 102 cm³/mol. The second-order valence-corrected chi connectivity index (χ2v) is 8.02. The monoisotopic (exact) mass is 401 g/mol. The number of amides is 1. The van der Waals surface area contributed by atoms with Gasteiger partial charge in [0.05, 0.1) is 39.4 Å². The summed E-state index contributed by atoms with van der Waals surface area (Å²) in [7, 11) is -0.787. The maximum atomic E-state index is 12.3. The third-order valence-corrected chi connectivity index (χ3v) is 5.32. The largest absolute Gasteiger partial charge is 0.497 e. The first-order valence-corrected chi connectivity index (χ1v) is 10.5. The molecule has 1 amide bonds. The zero-order valence-corrected chi connectivity index (χ0v) is 16.8. The van der Waals surface area contributed by atoms with Crippen LogP contribution in [-0.4, -0.2) is 85.6 Å². The summed E-state index contributed by atoms with van der Waals surface area (Å²) in [5.74, 6) is 0.410. The van der Waals surface area contributed by atoms with Crippen molar-refractivity contribution < 1.29 is 27.4 Å². The van der Waals surface area contributed by atoms with Crippen molar-refractivity contribution in [3.05, 3.63) is 18.2 Å². The molecular formula is C17H27N3O6S. The average Bonchev–Trinajstić information content (AvgIpc) is 2.65. The molecule has 1 aliphatic rings. The average molecular weight is 401 g/mol. The van der Waals surface area contributed by atoms with Crippen LogP contribution in [0.4, 0.5) is 5.69 Å². The van der Waals surface area contributed by atoms with Gasteiger partial charge < -0.3 is 19.5 Å². The minimum absolute atomic E-state index is 0.252. The summed E-state index contributed by atoms with van der Waals surface area (Å²) in [4.78, 5) is 14.5. The molecule has 0 aliphatic carbocycles. The fraction of sp³-hybridized carbons (Fsp3) is 0.588. The van der Waals surface area contributed by atoms with Crippen molar-refractivity contribution >= 4 is 21.6 Å². The van der Waals surface area contributed by atoms with Gasteiger partial charge in [0, 0.05) is 32.2 Å². The first-order valence-electron chi connectivity index (χ1n) is 8.61. The minimum atomic E-state index is -3.71. The molecule has 1 aromatic rings. The Labute approximate surface area is 160 Å². The molecule has 27 heavy (non-hydrogen) atoms. The van der Waals surface area contributed by atoms with Crippen LogP contribution in [0, 0.1) is 0 Å². The van der Waals surface area contributed by atoms with Gasteiger partial charge in [0.15, 0.2) is 0 Å². The highest BCUT2D eigenvalue weighted by atomic mass is 32.2. The maximum absolute atomic E-state index is 12.3. The van der Waals surface area contributed by atoms with Gasteiger partial charge in [-0.1, -0.05) is 0 Å². The van der Waals surface area contributed by atoms with Gasteiger partial charge in [-0.25, -0.2) is 8.42 Å². The molecule has 152 valence electrons. The lowest BCUT2D eigenvalue weighted by atomic mass is 10.2. The van der Waals surface area contributed by atoms with E-state index in [1.807, 2.05) is 0 Å². The highest BCUT2D eigenvalue weighted by molar-refractivity contribution is 7.92. The highest BCUT2D eigenvalue weighted by Gasteiger charge is 2.24. The van der Waals surface area contributed by atoms with E-state index < -0.39 is 15.9 Å². The number of nitrogens with one attached hydrogen (secondary N) is 1. The van der Waals surface area contributed by atoms with Crippen molar-refractivity contribution in [3.63, 3.8) is 0 Å². The van der Waals surface area contributed by atoms with Crippen molar-refractivity contribution in [1.82, 2.24) is 10.2 Å². The Hall–Kier alpha value is -2.04. The van der Waals surface area contributed by atoms with E-state index in [0.29, 0.717) is 37.8 Å². The van der Waals surface area contributed by atoms with Crippen LogP contribution in [0.25, 0.3) is 0 Å². The summed E-state index contributed by atoms with van der Waals surface area (Å²) in [6.07, 6.45) is 1.05. The Kier molecular flexibility index (Phi) is 7.69. The second kappa shape index (κ2) is 9.77. The predicted octanol–water partition coefficient (Wildman–Crippen LogP) is -0.0818. The van der Waals surface area contributed by atoms with Gasteiger partial charge in [-0.05, 0) is 12.1 Å². The molecule has 1 N–H and O–H groups in total. The number of hydrogen-bond donors (Lipinski definition) is 1. The third-order valence-electron chi connectivity index (χ3n) is 4.20. The number of nitrogens with zero attached hydrogens (tertiary/aromatic N) is 2. The van der Waals surface area contributed by atoms with Gasteiger partial charge >= 0.3 is 0 Å². The lowest BCUT2D eigenvalue weighted by Gasteiger charge is -2.27. The Balaban J connectivity index is 2.05. The number of carbonyl (C=O) groups excluding carboxylic acids is 1. The quantitative estimate of drug-likeness (QED) is 0.618. The summed E-state index contributed by atoms with van der Waals surface area (Å²) < 4.78 is 41.3. The molecule has 1 heterocycles.